The van der Waals surface area contributed by atoms with Crippen molar-refractivity contribution < 1.29 is 9.53 Å². The highest BCUT2D eigenvalue weighted by Crippen LogP contribution is 2.44. The van der Waals surface area contributed by atoms with Gasteiger partial charge in [-0.2, -0.15) is 4.80 Å². The van der Waals surface area contributed by atoms with Crippen LogP contribution in [-0.2, 0) is 6.54 Å². The summed E-state index contributed by atoms with van der Waals surface area (Å²) in [7, 11) is 0. The molecule has 0 atom stereocenters. The molecule has 10 heteroatoms. The van der Waals surface area contributed by atoms with Gasteiger partial charge in [-0.05, 0) is 62.6 Å². The Bertz CT molecular complexity index is 1310. The fourth-order valence-electron chi connectivity index (χ4n) is 4.40. The van der Waals surface area contributed by atoms with Crippen LogP contribution in [0.4, 0.5) is 16.2 Å². The third-order valence-electron chi connectivity index (χ3n) is 6.24. The number of hydrogen-bond donors (Lipinski definition) is 3. The van der Waals surface area contributed by atoms with Gasteiger partial charge in [-0.25, -0.2) is 4.79 Å². The van der Waals surface area contributed by atoms with Crippen LogP contribution in [0.25, 0.3) is 22.2 Å². The zero-order valence-corrected chi connectivity index (χ0v) is 19.9. The highest BCUT2D eigenvalue weighted by molar-refractivity contribution is 6.02. The van der Waals surface area contributed by atoms with Crippen LogP contribution >= 0.6 is 0 Å². The summed E-state index contributed by atoms with van der Waals surface area (Å²) < 4.78 is 8.33. The maximum absolute atomic E-state index is 12.0. The highest BCUT2D eigenvalue weighted by Gasteiger charge is 2.27. The normalized spacial score (nSPS) is 13.7. The molecule has 0 spiro atoms. The van der Waals surface area contributed by atoms with Gasteiger partial charge < -0.3 is 25.7 Å². The van der Waals surface area contributed by atoms with E-state index in [1.165, 1.54) is 17.5 Å². The van der Waals surface area contributed by atoms with Crippen LogP contribution in [0.3, 0.4) is 0 Å². The molecule has 2 aromatic heterocycles. The molecule has 0 radical (unpaired) electrons. The average molecular weight is 475 g/mol. The van der Waals surface area contributed by atoms with E-state index >= 15 is 0 Å². The molecule has 1 fully saturated rings. The number of anilines is 2. The van der Waals surface area contributed by atoms with E-state index in [9.17, 15) is 4.79 Å². The Labute approximate surface area is 203 Å². The molecule has 1 aliphatic rings. The molecule has 2 aromatic carbocycles. The first-order valence-electron chi connectivity index (χ1n) is 11.9. The quantitative estimate of drug-likeness (QED) is 0.351. The molecule has 0 bridgehead atoms. The van der Waals surface area contributed by atoms with Crippen LogP contribution in [0.15, 0.2) is 48.8 Å². The van der Waals surface area contributed by atoms with E-state index in [0.717, 1.165) is 52.1 Å². The summed E-state index contributed by atoms with van der Waals surface area (Å²) in [6.45, 7) is 4.81. The zero-order valence-electron chi connectivity index (χ0n) is 19.9. The molecule has 2 amide bonds. The number of amides is 2. The van der Waals surface area contributed by atoms with E-state index in [-0.39, 0.29) is 12.1 Å². The number of nitrogens with two attached hydrogens (primary N) is 1. The Kier molecular flexibility index (Phi) is 6.26. The second-order valence-electron chi connectivity index (χ2n) is 9.11. The van der Waals surface area contributed by atoms with Gasteiger partial charge in [-0.1, -0.05) is 12.1 Å². The maximum atomic E-state index is 12.0. The Balaban J connectivity index is 1.43. The molecular formula is C25H30N8O2. The van der Waals surface area contributed by atoms with Crippen LogP contribution < -0.4 is 21.1 Å². The van der Waals surface area contributed by atoms with Gasteiger partial charge in [0.2, 0.25) is 0 Å². The number of rotatable bonds is 8. The number of nitrogen functional groups attached to an aromatic ring is 1. The van der Waals surface area contributed by atoms with Crippen molar-refractivity contribution in [3.8, 4) is 17.0 Å². The number of hydrogen-bond acceptors (Lipinski definition) is 6. The Morgan fingerprint density at radius 2 is 2.00 bits per heavy atom. The third-order valence-corrected chi connectivity index (χ3v) is 6.24. The highest BCUT2D eigenvalue weighted by atomic mass is 16.5. The van der Waals surface area contributed by atoms with Crippen molar-refractivity contribution in [2.75, 3.05) is 17.7 Å². The lowest BCUT2D eigenvalue weighted by Gasteiger charge is -2.30. The largest absolute Gasteiger partial charge is 0.492 e. The number of carbonyl (C=O) groups excluding carboxylic acids is 1. The lowest BCUT2D eigenvalue weighted by atomic mass is 9.92. The van der Waals surface area contributed by atoms with E-state index in [2.05, 4.69) is 36.7 Å². The Morgan fingerprint density at radius 3 is 2.66 bits per heavy atom. The van der Waals surface area contributed by atoms with Gasteiger partial charge in [0.05, 0.1) is 23.4 Å². The molecule has 0 aliphatic heterocycles. The smallest absolute Gasteiger partial charge is 0.319 e. The average Bonchev–Trinajstić information content (AvgIpc) is 3.40. The first-order valence-corrected chi connectivity index (χ1v) is 11.9. The fraction of sp³-hybridized carbons (Fsp3) is 0.360. The topological polar surface area (TPSA) is 125 Å². The molecular weight excluding hydrogens is 444 g/mol. The van der Waals surface area contributed by atoms with Crippen molar-refractivity contribution in [3.05, 3.63) is 48.8 Å². The van der Waals surface area contributed by atoms with Crippen molar-refractivity contribution in [2.24, 2.45) is 0 Å². The molecule has 4 N–H and O–H groups in total. The molecule has 10 nitrogen and oxygen atoms in total. The summed E-state index contributed by atoms with van der Waals surface area (Å²) in [5, 5.41) is 18.3. The number of urea groups is 1. The first-order chi connectivity index (χ1) is 17.0. The van der Waals surface area contributed by atoms with E-state index in [0.29, 0.717) is 19.2 Å². The summed E-state index contributed by atoms with van der Waals surface area (Å²) >= 11 is 0. The monoisotopic (exact) mass is 474 g/mol. The SMILES string of the molecule is CC(C)NC(=O)Nc1ccc(-c2c(N)c3ccc(OCCn4ncnn4)cc3n2C2CCC2)cc1. The molecule has 4 aromatic rings. The number of tetrazole rings is 1. The number of benzene rings is 2. The second kappa shape index (κ2) is 9.65. The minimum atomic E-state index is -0.219. The molecule has 1 saturated carbocycles. The molecule has 0 unspecified atom stereocenters. The number of nitrogens with zero attached hydrogens (tertiary/aromatic N) is 5. The van der Waals surface area contributed by atoms with Crippen molar-refractivity contribution in [2.45, 2.75) is 51.7 Å². The van der Waals surface area contributed by atoms with Gasteiger partial charge >= 0.3 is 6.03 Å². The van der Waals surface area contributed by atoms with Crippen LogP contribution in [-0.4, -0.2) is 43.5 Å². The van der Waals surface area contributed by atoms with Crippen LogP contribution in [0.1, 0.15) is 39.2 Å². The molecule has 182 valence electrons. The van der Waals surface area contributed by atoms with Gasteiger partial charge in [0, 0.05) is 34.8 Å². The maximum Gasteiger partial charge on any atom is 0.319 e. The molecule has 1 aliphatic carbocycles. The van der Waals surface area contributed by atoms with Gasteiger partial charge in [0.1, 0.15) is 12.4 Å². The van der Waals surface area contributed by atoms with Gasteiger partial charge in [0.15, 0.2) is 6.33 Å². The predicted octanol–water partition coefficient (Wildman–Crippen LogP) is 4.21. The molecule has 5 rings (SSSR count). The van der Waals surface area contributed by atoms with E-state index in [1.54, 1.807) is 0 Å². The molecule has 2 heterocycles. The number of carbonyl (C=O) groups is 1. The molecule has 0 saturated heterocycles. The minimum Gasteiger partial charge on any atom is -0.492 e. The van der Waals surface area contributed by atoms with Crippen LogP contribution in [0.5, 0.6) is 5.75 Å². The van der Waals surface area contributed by atoms with Gasteiger partial charge in [-0.15, -0.1) is 10.2 Å². The van der Waals surface area contributed by atoms with Crippen LogP contribution in [0, 0.1) is 0 Å². The summed E-state index contributed by atoms with van der Waals surface area (Å²) in [4.78, 5) is 13.5. The van der Waals surface area contributed by atoms with E-state index in [1.807, 2.05) is 50.2 Å². The number of aromatic nitrogens is 5. The lowest BCUT2D eigenvalue weighted by molar-refractivity contribution is 0.250. The van der Waals surface area contributed by atoms with Gasteiger partial charge in [-0.3, -0.25) is 0 Å². The van der Waals surface area contributed by atoms with Crippen molar-refractivity contribution in [1.82, 2.24) is 30.1 Å². The Morgan fingerprint density at radius 1 is 1.20 bits per heavy atom. The summed E-state index contributed by atoms with van der Waals surface area (Å²) in [5.41, 5.74) is 11.3. The summed E-state index contributed by atoms with van der Waals surface area (Å²) in [6.07, 6.45) is 4.85. The number of ether oxygens (including phenoxy) is 1. The first kappa shape index (κ1) is 22.7. The lowest BCUT2D eigenvalue weighted by Crippen LogP contribution is -2.34. The molecule has 35 heavy (non-hydrogen) atoms. The summed E-state index contributed by atoms with van der Waals surface area (Å²) in [5.74, 6) is 0.776. The van der Waals surface area contributed by atoms with Crippen molar-refractivity contribution >= 4 is 28.3 Å². The van der Waals surface area contributed by atoms with Gasteiger partial charge in [0.25, 0.3) is 0 Å². The van der Waals surface area contributed by atoms with Crippen molar-refractivity contribution in [3.63, 3.8) is 0 Å². The third kappa shape index (κ3) is 4.77. The standard InChI is InChI=1S/C25H30N8O2/c1-16(2)29-25(34)30-18-8-6-17(7-9-18)24-23(26)21-11-10-20(35-13-12-32-28-15-27-31-32)14-22(21)33(24)19-4-3-5-19/h6-11,14-16,19H,3-5,12-13,26H2,1-2H3,(H2,29,30,34). The summed E-state index contributed by atoms with van der Waals surface area (Å²) in [6, 6.07) is 14.1. The zero-order chi connectivity index (χ0) is 24.4. The minimum absolute atomic E-state index is 0.0698. The Hall–Kier alpha value is -4.08. The second-order valence-corrected chi connectivity index (χ2v) is 9.11. The fourth-order valence-corrected chi connectivity index (χ4v) is 4.40. The van der Waals surface area contributed by atoms with Crippen molar-refractivity contribution in [1.29, 1.82) is 0 Å². The van der Waals surface area contributed by atoms with E-state index < -0.39 is 0 Å². The van der Waals surface area contributed by atoms with Crippen LogP contribution in [0.2, 0.25) is 0 Å². The number of nitrogens with one attached hydrogen (secondary N) is 2. The number of fused-ring (bicyclic) bond motifs is 1. The predicted molar refractivity (Wildman–Crippen MR) is 135 cm³/mol. The van der Waals surface area contributed by atoms with E-state index in [4.69, 9.17) is 10.5 Å².